The quantitative estimate of drug-likeness (QED) is 0.428. The van der Waals surface area contributed by atoms with Gasteiger partial charge in [-0.15, -0.1) is 0 Å². The molecule has 0 aromatic carbocycles. The van der Waals surface area contributed by atoms with Crippen LogP contribution in [0.4, 0.5) is 0 Å². The summed E-state index contributed by atoms with van der Waals surface area (Å²) in [5, 5.41) is 0. The van der Waals surface area contributed by atoms with Crippen molar-refractivity contribution in [3.8, 4) is 0 Å². The SMILES string of the molecule is CC(=O)[O][Pt]([NH2])([NH2])([NH2])[NH2]. The molecule has 0 atom stereocenters. The summed E-state index contributed by atoms with van der Waals surface area (Å²) in [5.74, 6) is -0.653. The zero-order chi connectivity index (χ0) is 7.73. The Bertz CT molecular complexity index is 128. The topological polar surface area (TPSA) is 130 Å². The predicted molar refractivity (Wildman–Crippen MR) is 28.5 cm³/mol. The molecule has 0 aliphatic heterocycles. The Hall–Kier alpha value is -0.00169. The summed E-state index contributed by atoms with van der Waals surface area (Å²) in [6, 6.07) is 0. The van der Waals surface area contributed by atoms with E-state index in [1.54, 1.807) is 0 Å². The van der Waals surface area contributed by atoms with Gasteiger partial charge < -0.3 is 0 Å². The fraction of sp³-hybridized carbons (Fsp3) is 0.500. The van der Waals surface area contributed by atoms with Crippen LogP contribution in [0.25, 0.3) is 0 Å². The Balaban J connectivity index is 4.05. The third-order valence-electron chi connectivity index (χ3n) is 0.240. The molecule has 0 unspecified atom stereocenters. The molecule has 0 aliphatic rings. The minimum atomic E-state index is -4.57. The fourth-order valence-electron chi connectivity index (χ4n) is 0.210. The van der Waals surface area contributed by atoms with E-state index in [9.17, 15) is 4.79 Å². The van der Waals surface area contributed by atoms with E-state index in [1.165, 1.54) is 0 Å². The Morgan fingerprint density at radius 1 is 1.33 bits per heavy atom. The van der Waals surface area contributed by atoms with E-state index in [0.717, 1.165) is 6.92 Å². The van der Waals surface area contributed by atoms with E-state index in [1.807, 2.05) is 0 Å². The van der Waals surface area contributed by atoms with Crippen molar-refractivity contribution < 1.29 is 24.4 Å². The summed E-state index contributed by atoms with van der Waals surface area (Å²) < 4.78 is 24.5. The first-order chi connectivity index (χ1) is 3.67. The number of hydrogen-bond acceptors (Lipinski definition) is 6. The third-order valence-corrected chi connectivity index (χ3v) is 1.96. The molecule has 61 valence electrons. The average molecular weight is 318 g/mol. The standard InChI is InChI=1S/C2H4O2.4H2N.Pt/c1-2(3)4;;;;;/h1H3,(H,3,4);4*1H2;/q;4*-1;+5/p-1. The van der Waals surface area contributed by atoms with Crippen molar-refractivity contribution in [1.29, 1.82) is 0 Å². The van der Waals surface area contributed by atoms with E-state index in [4.69, 9.17) is 17.2 Å². The van der Waals surface area contributed by atoms with Gasteiger partial charge in [0.2, 0.25) is 0 Å². The van der Waals surface area contributed by atoms with Gasteiger partial charge in [-0.25, -0.2) is 0 Å². The molecule has 0 fully saturated rings. The van der Waals surface area contributed by atoms with E-state index in [0.29, 0.717) is 0 Å². The Morgan fingerprint density at radius 2 is 1.67 bits per heavy atom. The monoisotopic (exact) mass is 318 g/mol. The molecule has 0 saturated heterocycles. The number of nitrogens with two attached hydrogens (primary N) is 4. The zero-order valence-corrected chi connectivity index (χ0v) is 7.21. The van der Waals surface area contributed by atoms with Gasteiger partial charge in [0.05, 0.1) is 0 Å². The summed E-state index contributed by atoms with van der Waals surface area (Å²) in [6.07, 6.45) is 0. The van der Waals surface area contributed by atoms with E-state index < -0.39 is 22.2 Å². The molecule has 0 spiro atoms. The van der Waals surface area contributed by atoms with Gasteiger partial charge in [0.25, 0.3) is 0 Å². The third kappa shape index (κ3) is 8.00. The van der Waals surface area contributed by atoms with Crippen LogP contribution in [-0.4, -0.2) is 5.97 Å². The minimum absolute atomic E-state index is 0.653. The van der Waals surface area contributed by atoms with Gasteiger partial charge in [-0.05, 0) is 0 Å². The van der Waals surface area contributed by atoms with Gasteiger partial charge in [0, 0.05) is 0 Å². The Kier molecular flexibility index (Phi) is 2.00. The normalized spacial score (nSPS) is 15.9. The molecule has 8 N–H and O–H groups in total. The van der Waals surface area contributed by atoms with Crippen molar-refractivity contribution in [3.05, 3.63) is 0 Å². The second-order valence-electron chi connectivity index (χ2n) is 1.49. The van der Waals surface area contributed by atoms with Gasteiger partial charge in [0.1, 0.15) is 0 Å². The predicted octanol–water partition coefficient (Wildman–Crippen LogP) is -2.35. The first-order valence-electron chi connectivity index (χ1n) is 1.77. The Morgan fingerprint density at radius 3 is 1.67 bits per heavy atom. The van der Waals surface area contributed by atoms with Crippen molar-refractivity contribution in [2.24, 2.45) is 17.2 Å². The second-order valence-corrected chi connectivity index (χ2v) is 8.64. The molecule has 0 rings (SSSR count). The van der Waals surface area contributed by atoms with Crippen molar-refractivity contribution in [2.75, 3.05) is 0 Å². The maximum atomic E-state index is 10.2. The number of hydrogen-bond donors (Lipinski definition) is 4. The molecule has 6 nitrogen and oxygen atoms in total. The average Bonchev–Trinajstić information content (AvgIpc) is 1.16. The van der Waals surface area contributed by atoms with Gasteiger partial charge >= 0.3 is 54.4 Å². The zero-order valence-electron chi connectivity index (χ0n) is 4.94. The molecule has 0 heterocycles. The van der Waals surface area contributed by atoms with Gasteiger partial charge in [-0.1, -0.05) is 0 Å². The van der Waals surface area contributed by atoms with Crippen molar-refractivity contribution in [2.45, 2.75) is 6.92 Å². The molecular weight excluding hydrogens is 307 g/mol. The molecular formula is C2H11N4O2Pt. The van der Waals surface area contributed by atoms with Crippen LogP contribution in [0.5, 0.6) is 0 Å². The van der Waals surface area contributed by atoms with Crippen LogP contribution in [0.1, 0.15) is 6.92 Å². The molecule has 0 aromatic rings. The molecule has 0 aromatic heterocycles. The van der Waals surface area contributed by atoms with Gasteiger partial charge in [0.15, 0.2) is 0 Å². The molecule has 7 heteroatoms. The molecule has 0 radical (unpaired) electrons. The van der Waals surface area contributed by atoms with Crippen LogP contribution in [0.3, 0.4) is 0 Å². The molecule has 0 bridgehead atoms. The maximum absolute atomic E-state index is 10.2. The molecule has 0 saturated carbocycles. The summed E-state index contributed by atoms with van der Waals surface area (Å²) in [7, 11) is 0. The van der Waals surface area contributed by atoms with Crippen molar-refractivity contribution in [3.63, 3.8) is 0 Å². The van der Waals surface area contributed by atoms with Crippen molar-refractivity contribution in [1.82, 2.24) is 0 Å². The summed E-state index contributed by atoms with van der Waals surface area (Å²) >= 11 is -4.57. The number of carbonyl (C=O) groups excluding carboxylic acids is 1. The van der Waals surface area contributed by atoms with Gasteiger partial charge in [-0.2, -0.15) is 0 Å². The van der Waals surface area contributed by atoms with E-state index in [2.05, 4.69) is 3.39 Å². The van der Waals surface area contributed by atoms with Crippen LogP contribution in [0.2, 0.25) is 0 Å². The summed E-state index contributed by atoms with van der Waals surface area (Å²) in [4.78, 5) is 10.2. The van der Waals surface area contributed by atoms with Crippen LogP contribution >= 0.6 is 0 Å². The van der Waals surface area contributed by atoms with E-state index >= 15 is 0 Å². The van der Waals surface area contributed by atoms with E-state index in [-0.39, 0.29) is 0 Å². The van der Waals surface area contributed by atoms with Crippen LogP contribution in [0, 0.1) is 0 Å². The number of carbonyl (C=O) groups is 1. The summed E-state index contributed by atoms with van der Waals surface area (Å²) in [6.45, 7) is 1.14. The number of rotatable bonds is 1. The summed E-state index contributed by atoms with van der Waals surface area (Å²) in [5.41, 5.74) is 0. The second kappa shape index (κ2) is 2.00. The molecule has 0 amide bonds. The fourth-order valence-corrected chi connectivity index (χ4v) is 1.72. The van der Waals surface area contributed by atoms with Crippen molar-refractivity contribution >= 4 is 5.97 Å². The van der Waals surface area contributed by atoms with Crippen LogP contribution < -0.4 is 17.2 Å². The first kappa shape index (κ1) is 9.00. The van der Waals surface area contributed by atoms with Gasteiger partial charge in [-0.3, -0.25) is 0 Å². The van der Waals surface area contributed by atoms with Crippen LogP contribution in [-0.2, 0) is 24.4 Å². The molecule has 9 heavy (non-hydrogen) atoms. The first-order valence-corrected chi connectivity index (χ1v) is 7.94. The Labute approximate surface area is 55.0 Å². The molecule has 0 aliphatic carbocycles. The van der Waals surface area contributed by atoms with Crippen LogP contribution in [0.15, 0.2) is 0 Å².